The van der Waals surface area contributed by atoms with E-state index in [1.54, 1.807) is 62.8 Å². The predicted molar refractivity (Wildman–Crippen MR) is 101 cm³/mol. The van der Waals surface area contributed by atoms with E-state index in [1.165, 1.54) is 4.90 Å². The van der Waals surface area contributed by atoms with Gasteiger partial charge < -0.3 is 30.3 Å². The van der Waals surface area contributed by atoms with Crippen molar-refractivity contribution in [3.05, 3.63) is 59.7 Å². The van der Waals surface area contributed by atoms with Crippen LogP contribution in [0.15, 0.2) is 48.5 Å². The molecule has 8 nitrogen and oxygen atoms in total. The SMILES string of the molecule is COc1ccc(CN(Cc2ccc(OC)cc2)C(=O)C(O)C(O)C(N)=O)cc1. The summed E-state index contributed by atoms with van der Waals surface area (Å²) < 4.78 is 10.2. The first-order valence-corrected chi connectivity index (χ1v) is 8.55. The quantitative estimate of drug-likeness (QED) is 0.573. The van der Waals surface area contributed by atoms with Crippen LogP contribution in [0.3, 0.4) is 0 Å². The van der Waals surface area contributed by atoms with Gasteiger partial charge in [0, 0.05) is 13.1 Å². The summed E-state index contributed by atoms with van der Waals surface area (Å²) in [7, 11) is 3.10. The zero-order valence-electron chi connectivity index (χ0n) is 15.7. The minimum Gasteiger partial charge on any atom is -0.497 e. The molecule has 2 rings (SSSR count). The Morgan fingerprint density at radius 1 is 0.857 bits per heavy atom. The van der Waals surface area contributed by atoms with Crippen molar-refractivity contribution in [3.63, 3.8) is 0 Å². The Morgan fingerprint density at radius 2 is 1.25 bits per heavy atom. The van der Waals surface area contributed by atoms with Gasteiger partial charge in [-0.05, 0) is 35.4 Å². The van der Waals surface area contributed by atoms with Gasteiger partial charge in [0.05, 0.1) is 14.2 Å². The molecule has 2 aromatic rings. The maximum atomic E-state index is 12.7. The summed E-state index contributed by atoms with van der Waals surface area (Å²) in [5.74, 6) is -0.644. The standard InChI is InChI=1S/C20H24N2O6/c1-27-15-7-3-13(4-8-15)11-22(20(26)18(24)17(23)19(21)25)12-14-5-9-16(28-2)10-6-14/h3-10,17-18,23-24H,11-12H2,1-2H3,(H2,21,25). The largest absolute Gasteiger partial charge is 0.497 e. The highest BCUT2D eigenvalue weighted by molar-refractivity contribution is 5.89. The van der Waals surface area contributed by atoms with Gasteiger partial charge in [-0.2, -0.15) is 0 Å². The molecule has 0 heterocycles. The second kappa shape index (κ2) is 9.72. The van der Waals surface area contributed by atoms with E-state index in [0.717, 1.165) is 11.1 Å². The molecule has 2 atom stereocenters. The number of nitrogens with zero attached hydrogens (tertiary/aromatic N) is 1. The Bertz CT molecular complexity index is 742. The highest BCUT2D eigenvalue weighted by atomic mass is 16.5. The first-order chi connectivity index (χ1) is 13.3. The van der Waals surface area contributed by atoms with Gasteiger partial charge in [-0.25, -0.2) is 0 Å². The first kappa shape index (κ1) is 21.2. The Morgan fingerprint density at radius 3 is 1.57 bits per heavy atom. The van der Waals surface area contributed by atoms with E-state index in [2.05, 4.69) is 0 Å². The number of carbonyl (C=O) groups excluding carboxylic acids is 2. The number of amides is 2. The number of primary amides is 1. The van der Waals surface area contributed by atoms with Gasteiger partial charge in [-0.15, -0.1) is 0 Å². The normalized spacial score (nSPS) is 12.7. The average molecular weight is 388 g/mol. The molecule has 0 saturated heterocycles. The van der Waals surface area contributed by atoms with Crippen molar-refractivity contribution in [2.75, 3.05) is 14.2 Å². The maximum Gasteiger partial charge on any atom is 0.255 e. The topological polar surface area (TPSA) is 122 Å². The van der Waals surface area contributed by atoms with E-state index in [1.807, 2.05) is 0 Å². The molecule has 0 spiro atoms. The number of rotatable bonds is 9. The summed E-state index contributed by atoms with van der Waals surface area (Å²) in [5.41, 5.74) is 6.56. The molecule has 0 aliphatic carbocycles. The summed E-state index contributed by atoms with van der Waals surface area (Å²) in [5, 5.41) is 19.7. The van der Waals surface area contributed by atoms with E-state index in [4.69, 9.17) is 15.2 Å². The highest BCUT2D eigenvalue weighted by Gasteiger charge is 2.32. The molecule has 150 valence electrons. The van der Waals surface area contributed by atoms with Crippen LogP contribution >= 0.6 is 0 Å². The number of hydrogen-bond acceptors (Lipinski definition) is 6. The number of nitrogens with two attached hydrogens (primary N) is 1. The molecule has 2 unspecified atom stereocenters. The number of methoxy groups -OCH3 is 2. The van der Waals surface area contributed by atoms with E-state index in [0.29, 0.717) is 11.5 Å². The van der Waals surface area contributed by atoms with Crippen LogP contribution in [0.4, 0.5) is 0 Å². The third kappa shape index (κ3) is 5.45. The lowest BCUT2D eigenvalue weighted by molar-refractivity contribution is -0.152. The molecular formula is C20H24N2O6. The van der Waals surface area contributed by atoms with Crippen LogP contribution in [0, 0.1) is 0 Å². The molecule has 0 radical (unpaired) electrons. The monoisotopic (exact) mass is 388 g/mol. The van der Waals surface area contributed by atoms with E-state index >= 15 is 0 Å². The number of ether oxygens (including phenoxy) is 2. The summed E-state index contributed by atoms with van der Waals surface area (Å²) in [6.45, 7) is 0.300. The number of hydrogen-bond donors (Lipinski definition) is 3. The van der Waals surface area contributed by atoms with Crippen LogP contribution in [-0.2, 0) is 22.7 Å². The Hall–Kier alpha value is -3.10. The van der Waals surface area contributed by atoms with Gasteiger partial charge in [-0.1, -0.05) is 24.3 Å². The zero-order chi connectivity index (χ0) is 20.7. The molecule has 0 aliphatic rings. The molecule has 28 heavy (non-hydrogen) atoms. The third-order valence-corrected chi connectivity index (χ3v) is 4.22. The van der Waals surface area contributed by atoms with E-state index in [9.17, 15) is 19.8 Å². The van der Waals surface area contributed by atoms with Crippen molar-refractivity contribution in [3.8, 4) is 11.5 Å². The van der Waals surface area contributed by atoms with Crippen molar-refractivity contribution in [1.29, 1.82) is 0 Å². The number of aliphatic hydroxyl groups is 2. The molecule has 0 bridgehead atoms. The Kier molecular flexibility index (Phi) is 7.36. The summed E-state index contributed by atoms with van der Waals surface area (Å²) in [6.07, 6.45) is -3.93. The van der Waals surface area contributed by atoms with Crippen LogP contribution in [0.2, 0.25) is 0 Å². The molecule has 0 saturated carbocycles. The molecule has 2 amide bonds. The van der Waals surface area contributed by atoms with Crippen LogP contribution in [-0.4, -0.2) is 53.4 Å². The Labute approximate surface area is 163 Å². The Balaban J connectivity index is 2.24. The average Bonchev–Trinajstić information content (AvgIpc) is 2.72. The second-order valence-corrected chi connectivity index (χ2v) is 6.18. The third-order valence-electron chi connectivity index (χ3n) is 4.22. The van der Waals surface area contributed by atoms with Crippen LogP contribution in [0.25, 0.3) is 0 Å². The van der Waals surface area contributed by atoms with Crippen LogP contribution < -0.4 is 15.2 Å². The molecular weight excluding hydrogens is 364 g/mol. The molecule has 0 fully saturated rings. The fourth-order valence-corrected chi connectivity index (χ4v) is 2.59. The predicted octanol–water partition coefficient (Wildman–Crippen LogP) is 0.440. The van der Waals surface area contributed by atoms with Gasteiger partial charge in [0.2, 0.25) is 5.91 Å². The van der Waals surface area contributed by atoms with Crippen molar-refractivity contribution >= 4 is 11.8 Å². The first-order valence-electron chi connectivity index (χ1n) is 8.55. The smallest absolute Gasteiger partial charge is 0.255 e. The minimum atomic E-state index is -1.98. The molecule has 0 aromatic heterocycles. The van der Waals surface area contributed by atoms with Crippen molar-refractivity contribution in [2.45, 2.75) is 25.3 Å². The van der Waals surface area contributed by atoms with Gasteiger partial charge in [0.15, 0.2) is 12.2 Å². The number of carbonyl (C=O) groups is 2. The maximum absolute atomic E-state index is 12.7. The van der Waals surface area contributed by atoms with E-state index < -0.39 is 24.0 Å². The fourth-order valence-electron chi connectivity index (χ4n) is 2.59. The fraction of sp³-hybridized carbons (Fsp3) is 0.300. The van der Waals surface area contributed by atoms with Gasteiger partial charge in [0.1, 0.15) is 11.5 Å². The lowest BCUT2D eigenvalue weighted by Gasteiger charge is -2.27. The van der Waals surface area contributed by atoms with Crippen molar-refractivity contribution in [2.24, 2.45) is 5.73 Å². The molecule has 2 aromatic carbocycles. The molecule has 4 N–H and O–H groups in total. The van der Waals surface area contributed by atoms with Crippen molar-refractivity contribution < 1.29 is 29.3 Å². The molecule has 8 heteroatoms. The summed E-state index contributed by atoms with van der Waals surface area (Å²) in [4.78, 5) is 25.2. The number of aliphatic hydroxyl groups excluding tert-OH is 2. The number of benzene rings is 2. The lowest BCUT2D eigenvalue weighted by Crippen LogP contribution is -2.49. The van der Waals surface area contributed by atoms with Crippen LogP contribution in [0.1, 0.15) is 11.1 Å². The summed E-state index contributed by atoms with van der Waals surface area (Å²) >= 11 is 0. The van der Waals surface area contributed by atoms with E-state index in [-0.39, 0.29) is 13.1 Å². The molecule has 0 aliphatic heterocycles. The van der Waals surface area contributed by atoms with Gasteiger partial charge in [0.25, 0.3) is 5.91 Å². The van der Waals surface area contributed by atoms with Gasteiger partial charge >= 0.3 is 0 Å². The highest BCUT2D eigenvalue weighted by Crippen LogP contribution is 2.18. The lowest BCUT2D eigenvalue weighted by atomic mass is 10.1. The minimum absolute atomic E-state index is 0.150. The van der Waals surface area contributed by atoms with Gasteiger partial charge in [-0.3, -0.25) is 9.59 Å². The van der Waals surface area contributed by atoms with Crippen molar-refractivity contribution in [1.82, 2.24) is 4.90 Å². The second-order valence-electron chi connectivity index (χ2n) is 6.18. The summed E-state index contributed by atoms with van der Waals surface area (Å²) in [6, 6.07) is 14.1. The zero-order valence-corrected chi connectivity index (χ0v) is 15.7. The van der Waals surface area contributed by atoms with Crippen LogP contribution in [0.5, 0.6) is 11.5 Å².